The summed E-state index contributed by atoms with van der Waals surface area (Å²) in [5.74, 6) is -0.741. The van der Waals surface area contributed by atoms with Crippen molar-refractivity contribution in [2.24, 2.45) is 0 Å². The highest BCUT2D eigenvalue weighted by molar-refractivity contribution is 6.01. The number of nitrogens with zero attached hydrogens (tertiary/aromatic N) is 4. The lowest BCUT2D eigenvalue weighted by atomic mass is 9.86. The Balaban J connectivity index is 1.05. The summed E-state index contributed by atoms with van der Waals surface area (Å²) >= 11 is 0. The minimum Gasteiger partial charge on any atom is -0.361 e. The second-order valence-corrected chi connectivity index (χ2v) is 14.1. The van der Waals surface area contributed by atoms with Crippen molar-refractivity contribution in [2.75, 3.05) is 18.4 Å². The normalized spacial score (nSPS) is 17.8. The van der Waals surface area contributed by atoms with E-state index >= 15 is 0 Å². The van der Waals surface area contributed by atoms with Crippen molar-refractivity contribution in [3.63, 3.8) is 0 Å². The van der Waals surface area contributed by atoms with E-state index in [1.165, 1.54) is 23.3 Å². The molecule has 2 N–H and O–H groups in total. The van der Waals surface area contributed by atoms with Gasteiger partial charge in [0.05, 0.1) is 28.9 Å². The number of aromatic nitrogens is 3. The molecule has 11 heteroatoms. The summed E-state index contributed by atoms with van der Waals surface area (Å²) in [6, 6.07) is 20.2. The topological polar surface area (TPSA) is 100 Å². The number of benzene rings is 3. The highest BCUT2D eigenvalue weighted by atomic mass is 19.3. The number of hydrogen-bond donors (Lipinski definition) is 2. The van der Waals surface area contributed by atoms with Gasteiger partial charge in [0.25, 0.3) is 6.43 Å². The third-order valence-electron chi connectivity index (χ3n) is 10.4. The molecule has 5 aromatic rings. The molecule has 2 saturated heterocycles. The number of imide groups is 1. The van der Waals surface area contributed by atoms with E-state index in [1.807, 2.05) is 25.1 Å². The van der Waals surface area contributed by atoms with Gasteiger partial charge in [-0.2, -0.15) is 5.10 Å². The summed E-state index contributed by atoms with van der Waals surface area (Å²) in [6.07, 6.45) is 1.85. The second kappa shape index (κ2) is 14.8. The third-order valence-corrected chi connectivity index (χ3v) is 10.4. The van der Waals surface area contributed by atoms with Gasteiger partial charge >= 0.3 is 0 Å². The van der Waals surface area contributed by atoms with Crippen LogP contribution in [0, 0.1) is 19.7 Å². The molecule has 52 heavy (non-hydrogen) atoms. The predicted octanol–water partition coefficient (Wildman–Crippen LogP) is 8.46. The Bertz CT molecular complexity index is 2130. The van der Waals surface area contributed by atoms with Crippen LogP contribution in [0.2, 0.25) is 0 Å². The number of pyridine rings is 1. The Kier molecular flexibility index (Phi) is 10.1. The molecule has 0 saturated carbocycles. The molecule has 0 spiro atoms. The molecular formula is C41H41F3N6O2. The number of likely N-dealkylation sites (tertiary alicyclic amines) is 1. The maximum atomic E-state index is 15.0. The maximum absolute atomic E-state index is 15.0. The van der Waals surface area contributed by atoms with Crippen LogP contribution in [0.15, 0.2) is 72.9 Å². The zero-order chi connectivity index (χ0) is 36.5. The molecule has 0 aliphatic carbocycles. The lowest BCUT2D eigenvalue weighted by molar-refractivity contribution is -0.134. The summed E-state index contributed by atoms with van der Waals surface area (Å²) in [7, 11) is 0. The SMILES string of the molecule is Cc1cc(CN2CCC(c3ccc(C4CCC(=O)NC4=O)cc3)CC2)cc(-c2cc3c(N[C@H](C)c4cccc(C(F)F)c4F)nnc(C)c3cn2)c1. The van der Waals surface area contributed by atoms with Crippen LogP contribution in [-0.4, -0.2) is 45.0 Å². The van der Waals surface area contributed by atoms with Gasteiger partial charge in [0.15, 0.2) is 5.82 Å². The number of halogens is 3. The van der Waals surface area contributed by atoms with Crippen LogP contribution in [0.4, 0.5) is 19.0 Å². The Morgan fingerprint density at radius 1 is 0.904 bits per heavy atom. The molecule has 7 rings (SSSR count). The number of carbonyl (C=O) groups excluding carboxylic acids is 2. The minimum atomic E-state index is -2.91. The first kappa shape index (κ1) is 35.3. The van der Waals surface area contributed by atoms with Gasteiger partial charge in [-0.1, -0.05) is 54.1 Å². The average Bonchev–Trinajstić information content (AvgIpc) is 3.13. The quantitative estimate of drug-likeness (QED) is 0.148. The molecule has 3 aromatic carbocycles. The van der Waals surface area contributed by atoms with Crippen molar-refractivity contribution in [3.8, 4) is 11.3 Å². The molecule has 2 aromatic heterocycles. The maximum Gasteiger partial charge on any atom is 0.266 e. The largest absolute Gasteiger partial charge is 0.361 e. The Morgan fingerprint density at radius 2 is 1.63 bits per heavy atom. The van der Waals surface area contributed by atoms with E-state index < -0.39 is 23.8 Å². The van der Waals surface area contributed by atoms with Crippen molar-refractivity contribution >= 4 is 28.4 Å². The highest BCUT2D eigenvalue weighted by Crippen LogP contribution is 2.34. The molecule has 4 heterocycles. The number of aryl methyl sites for hydroxylation is 2. The number of amides is 2. The van der Waals surface area contributed by atoms with E-state index in [1.54, 1.807) is 13.1 Å². The van der Waals surface area contributed by atoms with Crippen molar-refractivity contribution in [1.82, 2.24) is 25.4 Å². The van der Waals surface area contributed by atoms with Crippen LogP contribution in [0.3, 0.4) is 0 Å². The first-order valence-electron chi connectivity index (χ1n) is 17.8. The molecule has 2 aliphatic rings. The number of anilines is 1. The van der Waals surface area contributed by atoms with E-state index in [0.717, 1.165) is 71.7 Å². The van der Waals surface area contributed by atoms with Crippen molar-refractivity contribution < 1.29 is 22.8 Å². The van der Waals surface area contributed by atoms with Gasteiger partial charge < -0.3 is 5.32 Å². The first-order valence-corrected chi connectivity index (χ1v) is 17.8. The molecule has 8 nitrogen and oxygen atoms in total. The zero-order valence-corrected chi connectivity index (χ0v) is 29.4. The molecule has 2 fully saturated rings. The Labute approximate surface area is 300 Å². The number of alkyl halides is 2. The van der Waals surface area contributed by atoms with Gasteiger partial charge in [-0.25, -0.2) is 13.2 Å². The summed E-state index contributed by atoms with van der Waals surface area (Å²) in [4.78, 5) is 31.1. The van der Waals surface area contributed by atoms with Crippen molar-refractivity contribution in [2.45, 2.75) is 77.3 Å². The Morgan fingerprint density at radius 3 is 2.37 bits per heavy atom. The average molecular weight is 707 g/mol. The van der Waals surface area contributed by atoms with Crippen molar-refractivity contribution in [1.29, 1.82) is 0 Å². The van der Waals surface area contributed by atoms with Crippen molar-refractivity contribution in [3.05, 3.63) is 118 Å². The van der Waals surface area contributed by atoms with Gasteiger partial charge in [0, 0.05) is 41.1 Å². The third kappa shape index (κ3) is 7.41. The van der Waals surface area contributed by atoms with Gasteiger partial charge in [-0.3, -0.25) is 24.8 Å². The number of hydrogen-bond acceptors (Lipinski definition) is 7. The van der Waals surface area contributed by atoms with Gasteiger partial charge in [-0.15, -0.1) is 5.10 Å². The van der Waals surface area contributed by atoms with E-state index in [-0.39, 0.29) is 23.3 Å². The lowest BCUT2D eigenvalue weighted by Crippen LogP contribution is -2.39. The van der Waals surface area contributed by atoms with Crippen LogP contribution in [0.1, 0.15) is 96.0 Å². The number of piperidine rings is 2. The summed E-state index contributed by atoms with van der Waals surface area (Å²) < 4.78 is 41.8. The lowest BCUT2D eigenvalue weighted by Gasteiger charge is -2.32. The fourth-order valence-electron chi connectivity index (χ4n) is 7.59. The van der Waals surface area contributed by atoms with Crippen LogP contribution in [-0.2, 0) is 16.1 Å². The predicted molar refractivity (Wildman–Crippen MR) is 194 cm³/mol. The number of nitrogens with one attached hydrogen (secondary N) is 2. The minimum absolute atomic E-state index is 0.123. The molecule has 268 valence electrons. The summed E-state index contributed by atoms with van der Waals surface area (Å²) in [6.45, 7) is 8.36. The molecule has 0 bridgehead atoms. The summed E-state index contributed by atoms with van der Waals surface area (Å²) in [5, 5.41) is 15.8. The Hall–Kier alpha value is -5.16. The van der Waals surface area contributed by atoms with E-state index in [9.17, 15) is 22.8 Å². The van der Waals surface area contributed by atoms with Crippen LogP contribution in [0.25, 0.3) is 22.0 Å². The van der Waals surface area contributed by atoms with Crippen LogP contribution in [0.5, 0.6) is 0 Å². The molecule has 2 atom stereocenters. The molecular weight excluding hydrogens is 665 g/mol. The molecule has 2 aliphatic heterocycles. The summed E-state index contributed by atoms with van der Waals surface area (Å²) in [5.41, 5.74) is 6.45. The molecule has 1 unspecified atom stereocenters. The number of carbonyl (C=O) groups is 2. The standard InChI is InChI=1S/C41H41F3N6O2/c1-23-17-26(22-50-15-13-28(14-16-50)27-7-9-29(10-8-27)32-11-12-37(51)47-41(32)52)19-30(18-23)36-20-34-35(21-45-36)25(3)48-49-40(34)46-24(2)31-5-4-6-33(38(31)42)39(43)44/h4-10,17-21,24,28,32,39H,11-16,22H2,1-3H3,(H,46,49)(H,47,51,52)/t24-,32?/m1/s1. The van der Waals surface area contributed by atoms with E-state index in [0.29, 0.717) is 30.3 Å². The molecule has 2 amide bonds. The van der Waals surface area contributed by atoms with Gasteiger partial charge in [0.2, 0.25) is 11.8 Å². The van der Waals surface area contributed by atoms with Crippen LogP contribution >= 0.6 is 0 Å². The fourth-order valence-corrected chi connectivity index (χ4v) is 7.59. The smallest absolute Gasteiger partial charge is 0.266 e. The van der Waals surface area contributed by atoms with Gasteiger partial charge in [0.1, 0.15) is 5.82 Å². The highest BCUT2D eigenvalue weighted by Gasteiger charge is 2.28. The fraction of sp³-hybridized carbons (Fsp3) is 0.341. The second-order valence-electron chi connectivity index (χ2n) is 14.1. The first-order chi connectivity index (χ1) is 25.0. The van der Waals surface area contributed by atoms with Crippen LogP contribution < -0.4 is 10.6 Å². The molecule has 0 radical (unpaired) electrons. The zero-order valence-electron chi connectivity index (χ0n) is 29.4. The van der Waals surface area contributed by atoms with Gasteiger partial charge in [-0.05, 0) is 93.9 Å². The van der Waals surface area contributed by atoms with E-state index in [2.05, 4.69) is 63.0 Å². The van der Waals surface area contributed by atoms with E-state index in [4.69, 9.17) is 4.98 Å². The monoisotopic (exact) mass is 706 g/mol. The number of rotatable bonds is 9. The number of fused-ring (bicyclic) bond motifs is 1.